The van der Waals surface area contributed by atoms with Crippen molar-refractivity contribution in [3.05, 3.63) is 24.3 Å². The maximum absolute atomic E-state index is 12.7. The Labute approximate surface area is 159 Å². The fourth-order valence-corrected chi connectivity index (χ4v) is 3.79. The van der Waals surface area contributed by atoms with Gasteiger partial charge < -0.3 is 19.4 Å². The Bertz CT molecular complexity index is 806. The van der Waals surface area contributed by atoms with Gasteiger partial charge in [0.05, 0.1) is 30.8 Å². The second-order valence-corrected chi connectivity index (χ2v) is 7.11. The number of aromatic nitrogens is 2. The number of benzene rings is 1. The predicted octanol–water partition coefficient (Wildman–Crippen LogP) is 1.92. The third kappa shape index (κ3) is 3.83. The summed E-state index contributed by atoms with van der Waals surface area (Å²) in [7, 11) is 0. The molecule has 0 bridgehead atoms. The van der Waals surface area contributed by atoms with Gasteiger partial charge in [-0.1, -0.05) is 19.1 Å². The highest BCUT2D eigenvalue weighted by atomic mass is 16.5. The lowest BCUT2D eigenvalue weighted by Gasteiger charge is -2.32. The number of fused-ring (bicyclic) bond motifs is 1. The van der Waals surface area contributed by atoms with Crippen LogP contribution in [0.15, 0.2) is 24.3 Å². The molecule has 144 valence electrons. The fourth-order valence-electron chi connectivity index (χ4n) is 3.79. The van der Waals surface area contributed by atoms with Gasteiger partial charge in [-0.2, -0.15) is 0 Å². The van der Waals surface area contributed by atoms with Crippen molar-refractivity contribution < 1.29 is 9.53 Å². The molecule has 7 heteroatoms. The van der Waals surface area contributed by atoms with E-state index in [1.54, 1.807) is 0 Å². The first-order valence-corrected chi connectivity index (χ1v) is 9.88. The van der Waals surface area contributed by atoms with Gasteiger partial charge in [0, 0.05) is 32.7 Å². The highest BCUT2D eigenvalue weighted by Crippen LogP contribution is 2.29. The number of carbonyl (C=O) groups excluding carboxylic acids is 1. The smallest absolute Gasteiger partial charge is 0.242 e. The second-order valence-electron chi connectivity index (χ2n) is 7.11. The maximum atomic E-state index is 12.7. The van der Waals surface area contributed by atoms with Crippen LogP contribution in [0.25, 0.3) is 11.0 Å². The topological polar surface area (TPSA) is 61.8 Å². The van der Waals surface area contributed by atoms with E-state index in [4.69, 9.17) is 14.7 Å². The van der Waals surface area contributed by atoms with Crippen LogP contribution in [0.2, 0.25) is 0 Å². The molecule has 0 N–H and O–H groups in total. The molecular formula is C20H27N5O2. The number of amides is 1. The van der Waals surface area contributed by atoms with Crippen LogP contribution in [0.4, 0.5) is 11.6 Å². The van der Waals surface area contributed by atoms with Crippen LogP contribution in [-0.2, 0) is 9.53 Å². The van der Waals surface area contributed by atoms with Gasteiger partial charge in [-0.15, -0.1) is 0 Å². The lowest BCUT2D eigenvalue weighted by atomic mass is 10.2. The first-order valence-electron chi connectivity index (χ1n) is 9.88. The summed E-state index contributed by atoms with van der Waals surface area (Å²) >= 11 is 0. The largest absolute Gasteiger partial charge is 0.378 e. The number of hydrogen-bond donors (Lipinski definition) is 0. The molecule has 1 aromatic carbocycles. The van der Waals surface area contributed by atoms with Crippen LogP contribution < -0.4 is 9.80 Å². The molecule has 1 aromatic heterocycles. The van der Waals surface area contributed by atoms with Gasteiger partial charge in [-0.25, -0.2) is 9.97 Å². The Kier molecular flexibility index (Phi) is 5.38. The predicted molar refractivity (Wildman–Crippen MR) is 106 cm³/mol. The van der Waals surface area contributed by atoms with E-state index in [2.05, 4.69) is 16.7 Å². The molecule has 3 heterocycles. The molecule has 2 aliphatic heterocycles. The number of morpholine rings is 1. The van der Waals surface area contributed by atoms with E-state index in [-0.39, 0.29) is 5.91 Å². The van der Waals surface area contributed by atoms with E-state index >= 15 is 0 Å². The van der Waals surface area contributed by atoms with Gasteiger partial charge in [-0.3, -0.25) is 4.79 Å². The zero-order chi connectivity index (χ0) is 18.6. The number of anilines is 2. The molecule has 7 nitrogen and oxygen atoms in total. The van der Waals surface area contributed by atoms with Gasteiger partial charge in [0.1, 0.15) is 0 Å². The molecule has 0 aliphatic carbocycles. The van der Waals surface area contributed by atoms with E-state index in [0.717, 1.165) is 68.2 Å². The molecule has 1 amide bonds. The summed E-state index contributed by atoms with van der Waals surface area (Å²) in [5, 5.41) is 0. The number of nitrogens with zero attached hydrogens (tertiary/aromatic N) is 5. The lowest BCUT2D eigenvalue weighted by Crippen LogP contribution is -2.40. The van der Waals surface area contributed by atoms with Crippen molar-refractivity contribution in [2.45, 2.75) is 19.8 Å². The van der Waals surface area contributed by atoms with Gasteiger partial charge in [0.25, 0.3) is 0 Å². The molecular weight excluding hydrogens is 342 g/mol. The van der Waals surface area contributed by atoms with E-state index in [0.29, 0.717) is 19.8 Å². The molecule has 0 atom stereocenters. The van der Waals surface area contributed by atoms with Crippen LogP contribution in [0.5, 0.6) is 0 Å². The summed E-state index contributed by atoms with van der Waals surface area (Å²) in [5.74, 6) is 1.87. The Hall–Kier alpha value is -2.41. The summed E-state index contributed by atoms with van der Waals surface area (Å²) in [6.07, 6.45) is 1.93. The minimum Gasteiger partial charge on any atom is -0.378 e. The standard InChI is InChI=1S/C20H27N5O2/c1-2-8-23-9-5-10-25(15-18(23)26)20-19(24-11-13-27-14-12-24)21-16-6-3-4-7-17(16)22-20/h3-4,6-7H,2,5,8-15H2,1H3. The van der Waals surface area contributed by atoms with Crippen LogP contribution >= 0.6 is 0 Å². The number of ether oxygens (including phenoxy) is 1. The molecule has 2 aliphatic rings. The molecule has 2 aromatic rings. The summed E-state index contributed by atoms with van der Waals surface area (Å²) in [6, 6.07) is 7.94. The monoisotopic (exact) mass is 369 g/mol. The highest BCUT2D eigenvalue weighted by molar-refractivity contribution is 5.85. The van der Waals surface area contributed by atoms with Gasteiger partial charge >= 0.3 is 0 Å². The van der Waals surface area contributed by atoms with Gasteiger partial charge in [0.15, 0.2) is 11.6 Å². The van der Waals surface area contributed by atoms with Crippen molar-refractivity contribution in [2.24, 2.45) is 0 Å². The highest BCUT2D eigenvalue weighted by Gasteiger charge is 2.27. The van der Waals surface area contributed by atoms with Crippen molar-refractivity contribution in [2.75, 3.05) is 62.3 Å². The van der Waals surface area contributed by atoms with Crippen molar-refractivity contribution in [3.63, 3.8) is 0 Å². The van der Waals surface area contributed by atoms with E-state index in [1.165, 1.54) is 0 Å². The average Bonchev–Trinajstić information content (AvgIpc) is 2.89. The van der Waals surface area contributed by atoms with Gasteiger partial charge in [0.2, 0.25) is 5.91 Å². The van der Waals surface area contributed by atoms with Crippen molar-refractivity contribution in [3.8, 4) is 0 Å². The van der Waals surface area contributed by atoms with E-state index in [1.807, 2.05) is 29.2 Å². The summed E-state index contributed by atoms with van der Waals surface area (Å²) < 4.78 is 5.51. The second kappa shape index (κ2) is 8.08. The first-order chi connectivity index (χ1) is 13.3. The zero-order valence-electron chi connectivity index (χ0n) is 15.9. The maximum Gasteiger partial charge on any atom is 0.242 e. The normalized spacial score (nSPS) is 18.9. The summed E-state index contributed by atoms with van der Waals surface area (Å²) in [5.41, 5.74) is 1.75. The Balaban J connectivity index is 1.71. The Morgan fingerprint density at radius 1 is 0.963 bits per heavy atom. The van der Waals surface area contributed by atoms with E-state index in [9.17, 15) is 4.79 Å². The Morgan fingerprint density at radius 2 is 1.63 bits per heavy atom. The molecule has 0 radical (unpaired) electrons. The summed E-state index contributed by atoms with van der Waals surface area (Å²) in [6.45, 7) is 7.91. The third-order valence-electron chi connectivity index (χ3n) is 5.17. The molecule has 2 fully saturated rings. The van der Waals surface area contributed by atoms with Crippen molar-refractivity contribution >= 4 is 28.6 Å². The third-order valence-corrected chi connectivity index (χ3v) is 5.17. The molecule has 0 unspecified atom stereocenters. The van der Waals surface area contributed by atoms with Crippen molar-refractivity contribution in [1.82, 2.24) is 14.9 Å². The fraction of sp³-hybridized carbons (Fsp3) is 0.550. The lowest BCUT2D eigenvalue weighted by molar-refractivity contribution is -0.129. The van der Waals surface area contributed by atoms with Gasteiger partial charge in [-0.05, 0) is 25.0 Å². The SMILES string of the molecule is CCCN1CCCN(c2nc3ccccc3nc2N2CCOCC2)CC1=O. The molecule has 0 spiro atoms. The van der Waals surface area contributed by atoms with Crippen molar-refractivity contribution in [1.29, 1.82) is 0 Å². The first kappa shape index (κ1) is 18.0. The molecule has 27 heavy (non-hydrogen) atoms. The quantitative estimate of drug-likeness (QED) is 0.821. The minimum atomic E-state index is 0.178. The van der Waals surface area contributed by atoms with Crippen LogP contribution in [-0.4, -0.2) is 73.3 Å². The van der Waals surface area contributed by atoms with Crippen LogP contribution in [0.1, 0.15) is 19.8 Å². The van der Waals surface area contributed by atoms with Crippen LogP contribution in [0.3, 0.4) is 0 Å². The number of hydrogen-bond acceptors (Lipinski definition) is 6. The van der Waals surface area contributed by atoms with Crippen LogP contribution in [0, 0.1) is 0 Å². The number of rotatable bonds is 4. The Morgan fingerprint density at radius 3 is 2.30 bits per heavy atom. The summed E-state index contributed by atoms with van der Waals surface area (Å²) in [4.78, 5) is 28.9. The average molecular weight is 369 g/mol. The van der Waals surface area contributed by atoms with E-state index < -0.39 is 0 Å². The minimum absolute atomic E-state index is 0.178. The number of para-hydroxylation sites is 2. The zero-order valence-corrected chi connectivity index (χ0v) is 15.9. The molecule has 4 rings (SSSR count). The molecule has 2 saturated heterocycles. The number of carbonyl (C=O) groups is 1. The molecule has 0 saturated carbocycles.